The average Bonchev–Trinajstić information content (AvgIpc) is 2.48. The standard InChI is InChI=1S/C17H25N3O4/c1-12-5-7-13(8-6-12)15(22)19-10-9-18-14(21)11-20-16(23)24-17(2,3)4/h5-8H,9-11H2,1-4H3,(H,18,21)(H,19,22)(H,20,23). The van der Waals surface area contributed by atoms with Gasteiger partial charge in [-0.15, -0.1) is 0 Å². The van der Waals surface area contributed by atoms with E-state index in [9.17, 15) is 14.4 Å². The molecule has 0 aromatic heterocycles. The van der Waals surface area contributed by atoms with Crippen LogP contribution >= 0.6 is 0 Å². The Bertz CT molecular complexity index is 576. The first-order chi connectivity index (χ1) is 11.2. The molecule has 24 heavy (non-hydrogen) atoms. The molecule has 3 amide bonds. The molecular weight excluding hydrogens is 310 g/mol. The molecule has 0 fully saturated rings. The number of aryl methyl sites for hydroxylation is 1. The molecule has 7 nitrogen and oxygen atoms in total. The first-order valence-electron chi connectivity index (χ1n) is 7.76. The van der Waals surface area contributed by atoms with Crippen LogP contribution in [0.15, 0.2) is 24.3 Å². The van der Waals surface area contributed by atoms with Gasteiger partial charge in [0.1, 0.15) is 5.60 Å². The minimum absolute atomic E-state index is 0.180. The molecule has 3 N–H and O–H groups in total. The number of rotatable bonds is 6. The Morgan fingerprint density at radius 3 is 2.12 bits per heavy atom. The van der Waals surface area contributed by atoms with Gasteiger partial charge in [0.2, 0.25) is 5.91 Å². The highest BCUT2D eigenvalue weighted by Gasteiger charge is 2.16. The second-order valence-corrected chi connectivity index (χ2v) is 6.33. The third kappa shape index (κ3) is 8.17. The van der Waals surface area contributed by atoms with Crippen molar-refractivity contribution in [2.24, 2.45) is 0 Å². The van der Waals surface area contributed by atoms with Crippen LogP contribution in [-0.2, 0) is 9.53 Å². The molecule has 0 spiro atoms. The molecule has 1 aromatic carbocycles. The van der Waals surface area contributed by atoms with E-state index < -0.39 is 11.7 Å². The Morgan fingerprint density at radius 1 is 0.958 bits per heavy atom. The van der Waals surface area contributed by atoms with Gasteiger partial charge >= 0.3 is 6.09 Å². The summed E-state index contributed by atoms with van der Waals surface area (Å²) < 4.78 is 5.02. The fourth-order valence-corrected chi connectivity index (χ4v) is 1.71. The summed E-state index contributed by atoms with van der Waals surface area (Å²) in [5.41, 5.74) is 1.04. The fourth-order valence-electron chi connectivity index (χ4n) is 1.71. The topological polar surface area (TPSA) is 96.5 Å². The SMILES string of the molecule is Cc1ccc(C(=O)NCCNC(=O)CNC(=O)OC(C)(C)C)cc1. The minimum atomic E-state index is -0.648. The maximum Gasteiger partial charge on any atom is 0.408 e. The lowest BCUT2D eigenvalue weighted by Crippen LogP contribution is -2.42. The van der Waals surface area contributed by atoms with E-state index in [2.05, 4.69) is 16.0 Å². The van der Waals surface area contributed by atoms with Crippen molar-refractivity contribution in [2.45, 2.75) is 33.3 Å². The summed E-state index contributed by atoms with van der Waals surface area (Å²) in [6, 6.07) is 7.21. The zero-order chi connectivity index (χ0) is 18.2. The molecule has 0 unspecified atom stereocenters. The molecular formula is C17H25N3O4. The molecule has 1 aromatic rings. The van der Waals surface area contributed by atoms with Gasteiger partial charge in [-0.25, -0.2) is 4.79 Å². The van der Waals surface area contributed by atoms with E-state index in [1.807, 2.05) is 19.1 Å². The second-order valence-electron chi connectivity index (χ2n) is 6.33. The first kappa shape index (κ1) is 19.5. The molecule has 0 saturated carbocycles. The summed E-state index contributed by atoms with van der Waals surface area (Å²) in [6.07, 6.45) is -0.648. The number of benzene rings is 1. The number of carbonyl (C=O) groups is 3. The van der Waals surface area contributed by atoms with E-state index >= 15 is 0 Å². The molecule has 0 atom stereocenters. The Morgan fingerprint density at radius 2 is 1.54 bits per heavy atom. The van der Waals surface area contributed by atoms with Crippen molar-refractivity contribution in [3.63, 3.8) is 0 Å². The normalized spacial score (nSPS) is 10.7. The van der Waals surface area contributed by atoms with E-state index in [0.29, 0.717) is 12.1 Å². The highest BCUT2D eigenvalue weighted by Crippen LogP contribution is 2.06. The van der Waals surface area contributed by atoms with Crippen LogP contribution in [0.2, 0.25) is 0 Å². The van der Waals surface area contributed by atoms with Crippen molar-refractivity contribution in [3.05, 3.63) is 35.4 Å². The number of amides is 3. The average molecular weight is 335 g/mol. The van der Waals surface area contributed by atoms with Crippen LogP contribution in [0.1, 0.15) is 36.7 Å². The van der Waals surface area contributed by atoms with Crippen LogP contribution in [0.25, 0.3) is 0 Å². The Labute approximate surface area is 142 Å². The number of alkyl carbamates (subject to hydrolysis) is 1. The minimum Gasteiger partial charge on any atom is -0.444 e. The van der Waals surface area contributed by atoms with Gasteiger partial charge in [0.15, 0.2) is 0 Å². The van der Waals surface area contributed by atoms with Gasteiger partial charge in [-0.2, -0.15) is 0 Å². The largest absolute Gasteiger partial charge is 0.444 e. The fraction of sp³-hybridized carbons (Fsp3) is 0.471. The van der Waals surface area contributed by atoms with Crippen molar-refractivity contribution in [2.75, 3.05) is 19.6 Å². The predicted molar refractivity (Wildman–Crippen MR) is 90.8 cm³/mol. The molecule has 1 rings (SSSR count). The maximum atomic E-state index is 11.9. The first-order valence-corrected chi connectivity index (χ1v) is 7.76. The van der Waals surface area contributed by atoms with Crippen molar-refractivity contribution in [1.82, 2.24) is 16.0 Å². The molecule has 0 radical (unpaired) electrons. The number of hydrogen-bond acceptors (Lipinski definition) is 4. The Balaban J connectivity index is 2.18. The molecule has 0 saturated heterocycles. The van der Waals surface area contributed by atoms with Gasteiger partial charge in [-0.05, 0) is 39.8 Å². The molecule has 0 bridgehead atoms. The van der Waals surface area contributed by atoms with Crippen LogP contribution in [-0.4, -0.2) is 43.1 Å². The molecule has 0 aliphatic rings. The van der Waals surface area contributed by atoms with Crippen molar-refractivity contribution in [3.8, 4) is 0 Å². The second kappa shape index (κ2) is 8.90. The zero-order valence-corrected chi connectivity index (χ0v) is 14.6. The van der Waals surface area contributed by atoms with E-state index in [1.54, 1.807) is 32.9 Å². The monoisotopic (exact) mass is 335 g/mol. The van der Waals surface area contributed by atoms with Crippen molar-refractivity contribution < 1.29 is 19.1 Å². The summed E-state index contributed by atoms with van der Waals surface area (Å²) in [6.45, 7) is 7.55. The quantitative estimate of drug-likeness (QED) is 0.684. The van der Waals surface area contributed by atoms with Gasteiger partial charge in [0.05, 0.1) is 6.54 Å². The van der Waals surface area contributed by atoms with Gasteiger partial charge in [-0.1, -0.05) is 17.7 Å². The number of hydrogen-bond donors (Lipinski definition) is 3. The molecule has 132 valence electrons. The van der Waals surface area contributed by atoms with Gasteiger partial charge < -0.3 is 20.7 Å². The number of carbonyl (C=O) groups excluding carboxylic acids is 3. The lowest BCUT2D eigenvalue weighted by atomic mass is 10.1. The van der Waals surface area contributed by atoms with E-state index in [0.717, 1.165) is 5.56 Å². The van der Waals surface area contributed by atoms with Gasteiger partial charge in [-0.3, -0.25) is 9.59 Å². The molecule has 0 aliphatic carbocycles. The summed E-state index contributed by atoms with van der Waals surface area (Å²) in [4.78, 5) is 34.8. The predicted octanol–water partition coefficient (Wildman–Crippen LogP) is 1.37. The van der Waals surface area contributed by atoms with Gasteiger partial charge in [0, 0.05) is 18.7 Å². The van der Waals surface area contributed by atoms with Crippen molar-refractivity contribution in [1.29, 1.82) is 0 Å². The number of ether oxygens (including phenoxy) is 1. The molecule has 0 heterocycles. The van der Waals surface area contributed by atoms with Crippen LogP contribution in [0.3, 0.4) is 0 Å². The van der Waals surface area contributed by atoms with E-state index in [4.69, 9.17) is 4.74 Å². The van der Waals surface area contributed by atoms with E-state index in [1.165, 1.54) is 0 Å². The summed E-state index contributed by atoms with van der Waals surface area (Å²) in [7, 11) is 0. The summed E-state index contributed by atoms with van der Waals surface area (Å²) >= 11 is 0. The smallest absolute Gasteiger partial charge is 0.408 e. The molecule has 0 aliphatic heterocycles. The molecule has 7 heteroatoms. The Kier molecular flexibility index (Phi) is 7.23. The van der Waals surface area contributed by atoms with Crippen LogP contribution in [0.5, 0.6) is 0 Å². The van der Waals surface area contributed by atoms with Gasteiger partial charge in [0.25, 0.3) is 5.91 Å². The maximum absolute atomic E-state index is 11.9. The highest BCUT2D eigenvalue weighted by molar-refractivity contribution is 5.94. The zero-order valence-electron chi connectivity index (χ0n) is 14.6. The summed E-state index contributed by atoms with van der Waals surface area (Å²) in [5, 5.41) is 7.66. The Hall–Kier alpha value is -2.57. The van der Waals surface area contributed by atoms with E-state index in [-0.39, 0.29) is 24.9 Å². The van der Waals surface area contributed by atoms with Crippen LogP contribution in [0, 0.1) is 6.92 Å². The third-order valence-corrected chi connectivity index (χ3v) is 2.84. The lowest BCUT2D eigenvalue weighted by Gasteiger charge is -2.19. The van der Waals surface area contributed by atoms with Crippen LogP contribution in [0.4, 0.5) is 4.79 Å². The summed E-state index contributed by atoms with van der Waals surface area (Å²) in [5.74, 6) is -0.554. The third-order valence-electron chi connectivity index (χ3n) is 2.84. The lowest BCUT2D eigenvalue weighted by molar-refractivity contribution is -0.120. The highest BCUT2D eigenvalue weighted by atomic mass is 16.6. The van der Waals surface area contributed by atoms with Crippen molar-refractivity contribution >= 4 is 17.9 Å². The number of nitrogens with one attached hydrogen (secondary N) is 3. The van der Waals surface area contributed by atoms with Crippen LogP contribution < -0.4 is 16.0 Å².